The largest absolute Gasteiger partial charge is 0.427 e. The number of rotatable bonds is 5. The number of hydrogen-bond acceptors (Lipinski definition) is 3. The first kappa shape index (κ1) is 16.5. The highest BCUT2D eigenvalue weighted by Gasteiger charge is 2.31. The number of ether oxygens (including phenoxy) is 2. The van der Waals surface area contributed by atoms with Crippen LogP contribution in [0.4, 0.5) is 0 Å². The molecule has 0 amide bonds. The van der Waals surface area contributed by atoms with Gasteiger partial charge in [0, 0.05) is 5.92 Å². The van der Waals surface area contributed by atoms with Gasteiger partial charge in [0.05, 0.1) is 17.8 Å². The van der Waals surface area contributed by atoms with Crippen molar-refractivity contribution in [1.82, 2.24) is 0 Å². The van der Waals surface area contributed by atoms with Crippen LogP contribution in [0, 0.1) is 5.92 Å². The molecule has 0 bridgehead atoms. The molecule has 0 saturated heterocycles. The highest BCUT2D eigenvalue weighted by atomic mass is 16.5. The van der Waals surface area contributed by atoms with Crippen molar-refractivity contribution >= 4 is 5.97 Å². The maximum absolute atomic E-state index is 12.2. The second-order valence-corrected chi connectivity index (χ2v) is 6.11. The second-order valence-electron chi connectivity index (χ2n) is 6.11. The zero-order valence-electron chi connectivity index (χ0n) is 14.0. The zero-order chi connectivity index (χ0) is 16.9. The number of carbonyl (C=O) groups excluding carboxylic acids is 1. The lowest BCUT2D eigenvalue weighted by Crippen LogP contribution is -2.21. The van der Waals surface area contributed by atoms with E-state index in [2.05, 4.69) is 19.1 Å². The van der Waals surface area contributed by atoms with E-state index in [1.54, 1.807) is 12.1 Å². The maximum Gasteiger partial charge on any atom is 0.343 e. The second kappa shape index (κ2) is 7.45. The summed E-state index contributed by atoms with van der Waals surface area (Å²) < 4.78 is 11.8. The van der Waals surface area contributed by atoms with Gasteiger partial charge in [-0.3, -0.25) is 0 Å². The van der Waals surface area contributed by atoms with Crippen molar-refractivity contribution in [3.63, 3.8) is 0 Å². The monoisotopic (exact) mass is 322 g/mol. The van der Waals surface area contributed by atoms with Gasteiger partial charge in [-0.15, -0.1) is 0 Å². The molecule has 3 nitrogen and oxygen atoms in total. The first-order chi connectivity index (χ1) is 11.6. The summed E-state index contributed by atoms with van der Waals surface area (Å²) in [6.07, 6.45) is 2.76. The summed E-state index contributed by atoms with van der Waals surface area (Å²) in [7, 11) is 0. The molecule has 1 aliphatic rings. The molecule has 0 unspecified atom stereocenters. The van der Waals surface area contributed by atoms with Gasteiger partial charge in [0.25, 0.3) is 0 Å². The van der Waals surface area contributed by atoms with Crippen molar-refractivity contribution in [1.29, 1.82) is 0 Å². The van der Waals surface area contributed by atoms with Gasteiger partial charge in [-0.1, -0.05) is 55.5 Å². The van der Waals surface area contributed by atoms with Gasteiger partial charge < -0.3 is 9.47 Å². The van der Waals surface area contributed by atoms with Crippen LogP contribution in [0.5, 0.6) is 0 Å². The number of hydrogen-bond donors (Lipinski definition) is 0. The van der Waals surface area contributed by atoms with E-state index in [0.29, 0.717) is 11.3 Å². The number of esters is 1. The third-order valence-electron chi connectivity index (χ3n) is 4.43. The Labute approximate surface area is 142 Å². The Kier molecular flexibility index (Phi) is 5.11. The van der Waals surface area contributed by atoms with E-state index in [0.717, 1.165) is 12.0 Å². The molecule has 0 N–H and O–H groups in total. The summed E-state index contributed by atoms with van der Waals surface area (Å²) in [6.45, 7) is 4.09. The van der Waals surface area contributed by atoms with E-state index in [1.165, 1.54) is 0 Å². The lowest BCUT2D eigenvalue weighted by atomic mass is 10.1. The van der Waals surface area contributed by atoms with Crippen LogP contribution in [0.25, 0.3) is 0 Å². The SMILES string of the molecule is C[C@H](O[C@H]1CC=C(OC(=O)c2ccccc2)[C@H]1C)c1ccccc1. The van der Waals surface area contributed by atoms with E-state index in [4.69, 9.17) is 9.47 Å². The third-order valence-corrected chi connectivity index (χ3v) is 4.43. The highest BCUT2D eigenvalue weighted by Crippen LogP contribution is 2.33. The fourth-order valence-electron chi connectivity index (χ4n) is 2.92. The molecule has 2 aromatic rings. The Morgan fingerprint density at radius 1 is 1.04 bits per heavy atom. The summed E-state index contributed by atoms with van der Waals surface area (Å²) in [5, 5.41) is 0. The van der Waals surface area contributed by atoms with Gasteiger partial charge in [0.2, 0.25) is 0 Å². The predicted octanol–water partition coefficient (Wildman–Crippen LogP) is 4.91. The minimum Gasteiger partial charge on any atom is -0.427 e. The van der Waals surface area contributed by atoms with Crippen LogP contribution < -0.4 is 0 Å². The van der Waals surface area contributed by atoms with Crippen molar-refractivity contribution < 1.29 is 14.3 Å². The highest BCUT2D eigenvalue weighted by molar-refractivity contribution is 5.90. The van der Waals surface area contributed by atoms with Crippen LogP contribution >= 0.6 is 0 Å². The van der Waals surface area contributed by atoms with Crippen LogP contribution in [0.2, 0.25) is 0 Å². The molecule has 2 aromatic carbocycles. The molecule has 0 heterocycles. The lowest BCUT2D eigenvalue weighted by molar-refractivity contribution is -0.0234. The van der Waals surface area contributed by atoms with Crippen LogP contribution in [-0.2, 0) is 9.47 Å². The van der Waals surface area contributed by atoms with E-state index >= 15 is 0 Å². The average Bonchev–Trinajstić information content (AvgIpc) is 2.96. The molecule has 0 fully saturated rings. The van der Waals surface area contributed by atoms with Crippen molar-refractivity contribution in [3.05, 3.63) is 83.6 Å². The molecule has 0 aliphatic heterocycles. The fraction of sp³-hybridized carbons (Fsp3) is 0.286. The molecule has 0 spiro atoms. The Hall–Kier alpha value is -2.39. The third kappa shape index (κ3) is 3.74. The molecule has 1 aliphatic carbocycles. The standard InChI is InChI=1S/C21H22O3/c1-15-19(23-16(2)17-9-5-3-6-10-17)13-14-20(15)24-21(22)18-11-7-4-8-12-18/h3-12,14-16,19H,13H2,1-2H3/t15-,16-,19-/m0/s1. The first-order valence-corrected chi connectivity index (χ1v) is 8.33. The molecule has 3 atom stereocenters. The quantitative estimate of drug-likeness (QED) is 0.733. The van der Waals surface area contributed by atoms with Crippen molar-refractivity contribution in [2.24, 2.45) is 5.92 Å². The van der Waals surface area contributed by atoms with Gasteiger partial charge in [-0.2, -0.15) is 0 Å². The van der Waals surface area contributed by atoms with Gasteiger partial charge in [0.1, 0.15) is 5.76 Å². The average molecular weight is 322 g/mol. The van der Waals surface area contributed by atoms with Gasteiger partial charge >= 0.3 is 5.97 Å². The maximum atomic E-state index is 12.2. The summed E-state index contributed by atoms with van der Waals surface area (Å²) >= 11 is 0. The molecule has 24 heavy (non-hydrogen) atoms. The topological polar surface area (TPSA) is 35.5 Å². The molecule has 124 valence electrons. The van der Waals surface area contributed by atoms with E-state index in [1.807, 2.05) is 49.4 Å². The van der Waals surface area contributed by atoms with Crippen LogP contribution in [0.3, 0.4) is 0 Å². The molecular formula is C21H22O3. The molecule has 0 saturated carbocycles. The van der Waals surface area contributed by atoms with E-state index in [-0.39, 0.29) is 24.1 Å². The minimum atomic E-state index is -0.314. The lowest BCUT2D eigenvalue weighted by Gasteiger charge is -2.23. The van der Waals surface area contributed by atoms with Crippen molar-refractivity contribution in [2.45, 2.75) is 32.5 Å². The summed E-state index contributed by atoms with van der Waals surface area (Å²) in [5.41, 5.74) is 1.71. The van der Waals surface area contributed by atoms with Gasteiger partial charge in [-0.25, -0.2) is 4.79 Å². The van der Waals surface area contributed by atoms with Crippen LogP contribution in [0.15, 0.2) is 72.5 Å². The van der Waals surface area contributed by atoms with Crippen molar-refractivity contribution in [3.8, 4) is 0 Å². The summed E-state index contributed by atoms with van der Waals surface area (Å²) in [4.78, 5) is 12.2. The zero-order valence-corrected chi connectivity index (χ0v) is 14.0. The van der Waals surface area contributed by atoms with Crippen molar-refractivity contribution in [2.75, 3.05) is 0 Å². The Balaban J connectivity index is 1.58. The molecule has 0 radical (unpaired) electrons. The first-order valence-electron chi connectivity index (χ1n) is 8.33. The molecular weight excluding hydrogens is 300 g/mol. The summed E-state index contributed by atoms with van der Waals surface area (Å²) in [6, 6.07) is 19.2. The van der Waals surface area contributed by atoms with E-state index in [9.17, 15) is 4.79 Å². The van der Waals surface area contributed by atoms with Crippen LogP contribution in [0.1, 0.15) is 42.3 Å². The van der Waals surface area contributed by atoms with E-state index < -0.39 is 0 Å². The molecule has 3 rings (SSSR count). The Morgan fingerprint density at radius 3 is 2.33 bits per heavy atom. The normalized spacial score (nSPS) is 21.2. The Morgan fingerprint density at radius 2 is 1.67 bits per heavy atom. The summed E-state index contributed by atoms with van der Waals surface area (Å²) in [5.74, 6) is 0.448. The molecule has 3 heteroatoms. The minimum absolute atomic E-state index is 0.0104. The van der Waals surface area contributed by atoms with Gasteiger partial charge in [-0.05, 0) is 37.1 Å². The van der Waals surface area contributed by atoms with Gasteiger partial charge in [0.15, 0.2) is 0 Å². The number of carbonyl (C=O) groups is 1. The fourth-order valence-corrected chi connectivity index (χ4v) is 2.92. The predicted molar refractivity (Wildman–Crippen MR) is 93.5 cm³/mol. The van der Waals surface area contributed by atoms with Crippen LogP contribution in [-0.4, -0.2) is 12.1 Å². The number of benzene rings is 2. The Bertz CT molecular complexity index is 706. The smallest absolute Gasteiger partial charge is 0.343 e. The molecule has 0 aromatic heterocycles.